The molecule has 5 nitrogen and oxygen atoms in total. The summed E-state index contributed by atoms with van der Waals surface area (Å²) in [6, 6.07) is 16.7. The van der Waals surface area contributed by atoms with E-state index in [9.17, 15) is 13.2 Å². The van der Waals surface area contributed by atoms with Crippen LogP contribution in [0.25, 0.3) is 10.9 Å². The molecule has 6 heteroatoms. The van der Waals surface area contributed by atoms with Crippen molar-refractivity contribution in [3.05, 3.63) is 81.6 Å². The summed E-state index contributed by atoms with van der Waals surface area (Å²) in [7, 11) is -3.43. The molecule has 0 amide bonds. The standard InChI is InChI=1S/C19H20N2O3S/c1-14-7-8-16-12-17(19(22)21-18(16)11-14)9-10-20-25(23,24)13-15-5-3-2-4-6-15/h2-8,11-12,20H,9-10,13H2,1H3,(H,21,22). The summed E-state index contributed by atoms with van der Waals surface area (Å²) in [5, 5.41) is 0.937. The summed E-state index contributed by atoms with van der Waals surface area (Å²) in [4.78, 5) is 15.0. The molecule has 0 fully saturated rings. The van der Waals surface area contributed by atoms with Crippen LogP contribution in [0.3, 0.4) is 0 Å². The van der Waals surface area contributed by atoms with Crippen LogP contribution in [0, 0.1) is 6.92 Å². The summed E-state index contributed by atoms with van der Waals surface area (Å²) in [5.74, 6) is -0.0683. The van der Waals surface area contributed by atoms with Gasteiger partial charge in [-0.15, -0.1) is 0 Å². The summed E-state index contributed by atoms with van der Waals surface area (Å²) in [6.07, 6.45) is 0.340. The number of rotatable bonds is 6. The number of benzene rings is 2. The van der Waals surface area contributed by atoms with E-state index in [-0.39, 0.29) is 17.9 Å². The van der Waals surface area contributed by atoms with Gasteiger partial charge in [-0.25, -0.2) is 13.1 Å². The zero-order valence-electron chi connectivity index (χ0n) is 14.0. The maximum atomic E-state index is 12.2. The molecule has 130 valence electrons. The normalized spacial score (nSPS) is 11.7. The van der Waals surface area contributed by atoms with E-state index in [4.69, 9.17) is 0 Å². The van der Waals surface area contributed by atoms with Crippen LogP contribution in [0.4, 0.5) is 0 Å². The topological polar surface area (TPSA) is 79.0 Å². The van der Waals surface area contributed by atoms with Crippen LogP contribution in [0.5, 0.6) is 0 Å². The highest BCUT2D eigenvalue weighted by Crippen LogP contribution is 2.13. The molecule has 0 saturated carbocycles. The molecule has 0 spiro atoms. The van der Waals surface area contributed by atoms with E-state index in [1.807, 2.05) is 37.3 Å². The minimum atomic E-state index is -3.43. The molecule has 1 aromatic heterocycles. The average molecular weight is 356 g/mol. The molecule has 1 heterocycles. The van der Waals surface area contributed by atoms with Crippen LogP contribution in [-0.2, 0) is 22.2 Å². The molecule has 25 heavy (non-hydrogen) atoms. The molecular weight excluding hydrogens is 336 g/mol. The maximum Gasteiger partial charge on any atom is 0.251 e. The molecule has 0 aliphatic carbocycles. The first-order valence-electron chi connectivity index (χ1n) is 8.07. The van der Waals surface area contributed by atoms with Gasteiger partial charge in [0.1, 0.15) is 0 Å². The number of fused-ring (bicyclic) bond motifs is 1. The summed E-state index contributed by atoms with van der Waals surface area (Å²) < 4.78 is 26.8. The highest BCUT2D eigenvalue weighted by molar-refractivity contribution is 7.88. The van der Waals surface area contributed by atoms with Gasteiger partial charge in [0.25, 0.3) is 5.56 Å². The quantitative estimate of drug-likeness (QED) is 0.712. The first-order chi connectivity index (χ1) is 11.9. The highest BCUT2D eigenvalue weighted by atomic mass is 32.2. The Bertz CT molecular complexity index is 1040. The van der Waals surface area contributed by atoms with Crippen LogP contribution in [-0.4, -0.2) is 19.9 Å². The predicted octanol–water partition coefficient (Wildman–Crippen LogP) is 2.50. The van der Waals surface area contributed by atoms with Gasteiger partial charge in [0.05, 0.1) is 5.75 Å². The Kier molecular flexibility index (Phi) is 5.01. The van der Waals surface area contributed by atoms with Crippen molar-refractivity contribution >= 4 is 20.9 Å². The average Bonchev–Trinajstić information content (AvgIpc) is 2.56. The number of aromatic nitrogens is 1. The van der Waals surface area contributed by atoms with Crippen molar-refractivity contribution in [2.75, 3.05) is 6.54 Å². The zero-order chi connectivity index (χ0) is 17.9. The molecule has 2 aromatic carbocycles. The fraction of sp³-hybridized carbons (Fsp3) is 0.211. The number of aryl methyl sites for hydroxylation is 1. The van der Waals surface area contributed by atoms with E-state index >= 15 is 0 Å². The lowest BCUT2D eigenvalue weighted by atomic mass is 10.1. The van der Waals surface area contributed by atoms with Gasteiger partial charge >= 0.3 is 0 Å². The van der Waals surface area contributed by atoms with Crippen molar-refractivity contribution < 1.29 is 8.42 Å². The molecule has 0 bridgehead atoms. The van der Waals surface area contributed by atoms with Crippen LogP contribution in [0.1, 0.15) is 16.7 Å². The molecular formula is C19H20N2O3S. The molecule has 0 aliphatic rings. The van der Waals surface area contributed by atoms with E-state index in [0.717, 1.165) is 22.0 Å². The predicted molar refractivity (Wildman–Crippen MR) is 100 cm³/mol. The van der Waals surface area contributed by atoms with E-state index in [2.05, 4.69) is 9.71 Å². The molecule has 0 saturated heterocycles. The smallest absolute Gasteiger partial charge is 0.251 e. The highest BCUT2D eigenvalue weighted by Gasteiger charge is 2.11. The Balaban J connectivity index is 1.67. The molecule has 0 unspecified atom stereocenters. The fourth-order valence-corrected chi connectivity index (χ4v) is 3.88. The van der Waals surface area contributed by atoms with Crippen LogP contribution >= 0.6 is 0 Å². The third kappa shape index (κ3) is 4.55. The van der Waals surface area contributed by atoms with Crippen molar-refractivity contribution in [2.45, 2.75) is 19.1 Å². The lowest BCUT2D eigenvalue weighted by Crippen LogP contribution is -2.28. The third-order valence-electron chi connectivity index (χ3n) is 3.99. The Morgan fingerprint density at radius 1 is 1.04 bits per heavy atom. The SMILES string of the molecule is Cc1ccc2cc(CCNS(=O)(=O)Cc3ccccc3)c(=O)[nH]c2c1. The molecule has 2 N–H and O–H groups in total. The van der Waals surface area contributed by atoms with Gasteiger partial charge in [0, 0.05) is 17.6 Å². The number of pyridine rings is 1. The van der Waals surface area contributed by atoms with Crippen molar-refractivity contribution in [1.82, 2.24) is 9.71 Å². The first kappa shape index (κ1) is 17.4. The van der Waals surface area contributed by atoms with Gasteiger partial charge in [-0.3, -0.25) is 4.79 Å². The second kappa shape index (κ2) is 7.21. The van der Waals surface area contributed by atoms with E-state index in [1.54, 1.807) is 24.3 Å². The van der Waals surface area contributed by atoms with E-state index in [0.29, 0.717) is 12.0 Å². The largest absolute Gasteiger partial charge is 0.322 e. The van der Waals surface area contributed by atoms with Gasteiger partial charge in [-0.2, -0.15) is 0 Å². The second-order valence-corrected chi connectivity index (χ2v) is 7.91. The minimum absolute atomic E-state index is 0.0683. The zero-order valence-corrected chi connectivity index (χ0v) is 14.8. The van der Waals surface area contributed by atoms with Crippen molar-refractivity contribution in [3.8, 4) is 0 Å². The Hall–Kier alpha value is -2.44. The molecule has 0 atom stereocenters. The van der Waals surface area contributed by atoms with Crippen LogP contribution < -0.4 is 10.3 Å². The summed E-state index contributed by atoms with van der Waals surface area (Å²) in [5.41, 5.74) is 2.98. The van der Waals surface area contributed by atoms with Crippen LogP contribution in [0.15, 0.2) is 59.4 Å². The van der Waals surface area contributed by atoms with Crippen molar-refractivity contribution in [2.24, 2.45) is 0 Å². The minimum Gasteiger partial charge on any atom is -0.322 e. The van der Waals surface area contributed by atoms with Crippen LogP contribution in [0.2, 0.25) is 0 Å². The Morgan fingerprint density at radius 2 is 1.80 bits per heavy atom. The lowest BCUT2D eigenvalue weighted by molar-refractivity contribution is 0.580. The van der Waals surface area contributed by atoms with Gasteiger partial charge in [-0.1, -0.05) is 42.5 Å². The number of H-pyrrole nitrogens is 1. The molecule has 0 radical (unpaired) electrons. The third-order valence-corrected chi connectivity index (χ3v) is 5.35. The number of hydrogen-bond donors (Lipinski definition) is 2. The fourth-order valence-electron chi connectivity index (χ4n) is 2.73. The number of sulfonamides is 1. The van der Waals surface area contributed by atoms with Gasteiger partial charge < -0.3 is 4.98 Å². The van der Waals surface area contributed by atoms with Gasteiger partial charge in [0.2, 0.25) is 10.0 Å². The van der Waals surface area contributed by atoms with E-state index < -0.39 is 10.0 Å². The second-order valence-electron chi connectivity index (χ2n) is 6.10. The number of hydrogen-bond acceptors (Lipinski definition) is 3. The van der Waals surface area contributed by atoms with Gasteiger partial charge in [0.15, 0.2) is 0 Å². The maximum absolute atomic E-state index is 12.2. The molecule has 3 aromatic rings. The van der Waals surface area contributed by atoms with Gasteiger partial charge in [-0.05, 0) is 42.0 Å². The van der Waals surface area contributed by atoms with Crippen molar-refractivity contribution in [3.63, 3.8) is 0 Å². The monoisotopic (exact) mass is 356 g/mol. The number of nitrogens with one attached hydrogen (secondary N) is 2. The Labute approximate surface area is 146 Å². The van der Waals surface area contributed by atoms with E-state index in [1.165, 1.54) is 0 Å². The lowest BCUT2D eigenvalue weighted by Gasteiger charge is -2.07. The first-order valence-corrected chi connectivity index (χ1v) is 9.72. The number of aromatic amines is 1. The molecule has 3 rings (SSSR count). The van der Waals surface area contributed by atoms with Crippen molar-refractivity contribution in [1.29, 1.82) is 0 Å². The summed E-state index contributed by atoms with van der Waals surface area (Å²) in [6.45, 7) is 2.16. The summed E-state index contributed by atoms with van der Waals surface area (Å²) >= 11 is 0. The molecule has 0 aliphatic heterocycles. The Morgan fingerprint density at radius 3 is 2.56 bits per heavy atom.